The van der Waals surface area contributed by atoms with E-state index in [4.69, 9.17) is 27.9 Å². The molecule has 106 valence electrons. The number of halogens is 2. The van der Waals surface area contributed by atoms with Crippen LogP contribution in [0.25, 0.3) is 0 Å². The van der Waals surface area contributed by atoms with Crippen LogP contribution in [-0.4, -0.2) is 18.0 Å². The molecule has 1 aliphatic rings. The molecule has 20 heavy (non-hydrogen) atoms. The summed E-state index contributed by atoms with van der Waals surface area (Å²) < 4.78 is 6.13. The highest BCUT2D eigenvalue weighted by atomic mass is 35.5. The molecule has 1 aromatic heterocycles. The summed E-state index contributed by atoms with van der Waals surface area (Å²) in [5.74, 6) is 0.763. The highest BCUT2D eigenvalue weighted by Gasteiger charge is 2.27. The first-order chi connectivity index (χ1) is 9.67. The van der Waals surface area contributed by atoms with Gasteiger partial charge in [0.05, 0.1) is 10.0 Å². The number of hydrogen-bond acceptors (Lipinski definition) is 3. The van der Waals surface area contributed by atoms with E-state index in [1.54, 1.807) is 23.5 Å². The van der Waals surface area contributed by atoms with Crippen LogP contribution >= 0.6 is 34.5 Å². The van der Waals surface area contributed by atoms with Crippen molar-refractivity contribution in [1.29, 1.82) is 0 Å². The van der Waals surface area contributed by atoms with Gasteiger partial charge in [-0.15, -0.1) is 11.3 Å². The van der Waals surface area contributed by atoms with Gasteiger partial charge in [0.15, 0.2) is 0 Å². The number of ether oxygens (including phenoxy) is 1. The fourth-order valence-corrected chi connectivity index (χ4v) is 3.68. The van der Waals surface area contributed by atoms with Crippen LogP contribution in [0.4, 0.5) is 0 Å². The molecule has 0 N–H and O–H groups in total. The number of nitrogens with zero attached hydrogens (tertiary/aromatic N) is 1. The lowest BCUT2D eigenvalue weighted by atomic mass is 10.1. The molecule has 2 nitrogen and oxygen atoms in total. The molecule has 2 heterocycles. The summed E-state index contributed by atoms with van der Waals surface area (Å²) >= 11 is 13.8. The van der Waals surface area contributed by atoms with E-state index in [0.29, 0.717) is 10.0 Å². The van der Waals surface area contributed by atoms with Gasteiger partial charge in [0, 0.05) is 29.6 Å². The van der Waals surface area contributed by atoms with E-state index < -0.39 is 0 Å². The number of rotatable bonds is 3. The van der Waals surface area contributed by atoms with E-state index in [-0.39, 0.29) is 6.10 Å². The van der Waals surface area contributed by atoms with Crippen LogP contribution in [-0.2, 0) is 6.54 Å². The lowest BCUT2D eigenvalue weighted by Gasteiger charge is -2.32. The molecule has 2 aromatic rings. The molecule has 0 aliphatic carbocycles. The van der Waals surface area contributed by atoms with Crippen molar-refractivity contribution in [3.63, 3.8) is 0 Å². The van der Waals surface area contributed by atoms with Crippen LogP contribution < -0.4 is 4.74 Å². The Labute approximate surface area is 132 Å². The summed E-state index contributed by atoms with van der Waals surface area (Å²) in [4.78, 5) is 3.78. The predicted molar refractivity (Wildman–Crippen MR) is 85.1 cm³/mol. The summed E-state index contributed by atoms with van der Waals surface area (Å²) in [5, 5.41) is 3.21. The molecule has 0 saturated heterocycles. The smallest absolute Gasteiger partial charge is 0.137 e. The lowest BCUT2D eigenvalue weighted by molar-refractivity contribution is 0.117. The molecular weight excluding hydrogens is 313 g/mol. The molecule has 0 spiro atoms. The molecule has 0 fully saturated rings. The van der Waals surface area contributed by atoms with Crippen molar-refractivity contribution in [3.05, 3.63) is 50.1 Å². The molecule has 5 heteroatoms. The molecule has 1 aromatic carbocycles. The second kappa shape index (κ2) is 5.94. The number of benzene rings is 1. The van der Waals surface area contributed by atoms with Gasteiger partial charge in [-0.3, -0.25) is 4.90 Å². The Bertz CT molecular complexity index is 614. The normalized spacial score (nSPS) is 18.9. The maximum absolute atomic E-state index is 6.13. The Balaban J connectivity index is 1.85. The number of likely N-dealkylation sites (N-methyl/N-ethyl adjacent to an activating group) is 1. The molecule has 3 rings (SSSR count). The van der Waals surface area contributed by atoms with Crippen molar-refractivity contribution in [2.24, 2.45) is 0 Å². The molecule has 0 radical (unpaired) electrons. The maximum atomic E-state index is 6.13. The van der Waals surface area contributed by atoms with Crippen molar-refractivity contribution in [1.82, 2.24) is 4.90 Å². The molecule has 0 bridgehead atoms. The zero-order valence-corrected chi connectivity index (χ0v) is 13.4. The van der Waals surface area contributed by atoms with Crippen molar-refractivity contribution < 1.29 is 4.74 Å². The molecular formula is C15H15Cl2NOS. The summed E-state index contributed by atoms with van der Waals surface area (Å²) in [5.41, 5.74) is 1.30. The van der Waals surface area contributed by atoms with Gasteiger partial charge in [-0.05, 0) is 30.1 Å². The van der Waals surface area contributed by atoms with Gasteiger partial charge in [0.25, 0.3) is 0 Å². The number of fused-ring (bicyclic) bond motifs is 1. The quantitative estimate of drug-likeness (QED) is 0.785. The lowest BCUT2D eigenvalue weighted by Crippen LogP contribution is -2.34. The number of hydrogen-bond donors (Lipinski definition) is 0. The van der Waals surface area contributed by atoms with E-state index >= 15 is 0 Å². The van der Waals surface area contributed by atoms with Gasteiger partial charge in [-0.2, -0.15) is 0 Å². The zero-order chi connectivity index (χ0) is 14.1. The summed E-state index contributed by atoms with van der Waals surface area (Å²) in [6.07, 6.45) is 0.0576. The van der Waals surface area contributed by atoms with E-state index in [2.05, 4.69) is 23.3 Å². The third-order valence-electron chi connectivity index (χ3n) is 3.53. The Kier molecular flexibility index (Phi) is 4.22. The minimum atomic E-state index is 0.0576. The van der Waals surface area contributed by atoms with Crippen molar-refractivity contribution in [3.8, 4) is 5.75 Å². The summed E-state index contributed by atoms with van der Waals surface area (Å²) in [6.45, 7) is 5.12. The fraction of sp³-hybridized carbons (Fsp3) is 0.333. The van der Waals surface area contributed by atoms with Gasteiger partial charge in [-0.1, -0.05) is 30.1 Å². The van der Waals surface area contributed by atoms with Crippen LogP contribution in [0.5, 0.6) is 5.75 Å². The standard InChI is InChI=1S/C15H15Cl2NOS/c1-2-18-8-14(11-5-6-20-15(11)9-18)19-10-3-4-12(16)13(17)7-10/h3-7,14H,2,8-9H2,1H3. The molecule has 1 atom stereocenters. The molecule has 0 saturated carbocycles. The van der Waals surface area contributed by atoms with Crippen LogP contribution in [0.15, 0.2) is 29.6 Å². The Hall–Kier alpha value is -0.740. The second-order valence-electron chi connectivity index (χ2n) is 4.81. The largest absolute Gasteiger partial charge is 0.484 e. The third-order valence-corrected chi connectivity index (χ3v) is 5.20. The average Bonchev–Trinajstić information content (AvgIpc) is 2.91. The van der Waals surface area contributed by atoms with Crippen molar-refractivity contribution in [2.75, 3.05) is 13.1 Å². The minimum absolute atomic E-state index is 0.0576. The van der Waals surface area contributed by atoms with Crippen molar-refractivity contribution >= 4 is 34.5 Å². The Morgan fingerprint density at radius 2 is 2.15 bits per heavy atom. The average molecular weight is 328 g/mol. The highest BCUT2D eigenvalue weighted by molar-refractivity contribution is 7.10. The summed E-state index contributed by atoms with van der Waals surface area (Å²) in [6, 6.07) is 7.58. The fourth-order valence-electron chi connectivity index (χ4n) is 2.42. The van der Waals surface area contributed by atoms with Gasteiger partial charge >= 0.3 is 0 Å². The Morgan fingerprint density at radius 1 is 1.30 bits per heavy atom. The predicted octanol–water partition coefficient (Wildman–Crippen LogP) is 5.01. The first kappa shape index (κ1) is 14.2. The van der Waals surface area contributed by atoms with E-state index in [9.17, 15) is 0 Å². The number of thiophene rings is 1. The topological polar surface area (TPSA) is 12.5 Å². The SMILES string of the molecule is CCN1Cc2sccc2C(Oc2ccc(Cl)c(Cl)c2)C1. The molecule has 1 unspecified atom stereocenters. The van der Waals surface area contributed by atoms with Crippen LogP contribution in [0.3, 0.4) is 0 Å². The van der Waals surface area contributed by atoms with E-state index in [0.717, 1.165) is 25.4 Å². The van der Waals surface area contributed by atoms with Gasteiger partial charge in [-0.25, -0.2) is 0 Å². The zero-order valence-electron chi connectivity index (χ0n) is 11.1. The second-order valence-corrected chi connectivity index (χ2v) is 6.62. The van der Waals surface area contributed by atoms with Crippen LogP contribution in [0, 0.1) is 0 Å². The van der Waals surface area contributed by atoms with E-state index in [1.807, 2.05) is 6.07 Å². The summed E-state index contributed by atoms with van der Waals surface area (Å²) in [7, 11) is 0. The van der Waals surface area contributed by atoms with Gasteiger partial charge in [0.2, 0.25) is 0 Å². The monoisotopic (exact) mass is 327 g/mol. The van der Waals surface area contributed by atoms with Crippen molar-refractivity contribution in [2.45, 2.75) is 19.6 Å². The first-order valence-corrected chi connectivity index (χ1v) is 8.21. The van der Waals surface area contributed by atoms with Gasteiger partial charge < -0.3 is 4.74 Å². The highest BCUT2D eigenvalue weighted by Crippen LogP contribution is 2.35. The third kappa shape index (κ3) is 2.82. The molecule has 1 aliphatic heterocycles. The minimum Gasteiger partial charge on any atom is -0.484 e. The Morgan fingerprint density at radius 3 is 2.90 bits per heavy atom. The molecule has 0 amide bonds. The first-order valence-electron chi connectivity index (χ1n) is 6.57. The van der Waals surface area contributed by atoms with Crippen LogP contribution in [0.2, 0.25) is 10.0 Å². The maximum Gasteiger partial charge on any atom is 0.137 e. The van der Waals surface area contributed by atoms with Gasteiger partial charge in [0.1, 0.15) is 11.9 Å². The van der Waals surface area contributed by atoms with Crippen LogP contribution in [0.1, 0.15) is 23.5 Å². The van der Waals surface area contributed by atoms with E-state index in [1.165, 1.54) is 10.4 Å².